The minimum absolute atomic E-state index is 0.0110. The van der Waals surface area contributed by atoms with Crippen molar-refractivity contribution in [2.45, 2.75) is 37.9 Å². The number of aliphatic hydroxyl groups excluding tert-OH is 1. The molecule has 0 aromatic carbocycles. The Labute approximate surface area is 75.9 Å². The topological polar surface area (TPSA) is 29.5 Å². The highest BCUT2D eigenvalue weighted by molar-refractivity contribution is 4.98. The van der Waals surface area contributed by atoms with Crippen LogP contribution in [-0.4, -0.2) is 29.8 Å². The van der Waals surface area contributed by atoms with Gasteiger partial charge < -0.3 is 9.84 Å². The molecule has 1 aliphatic heterocycles. The Morgan fingerprint density at radius 3 is 2.54 bits per heavy atom. The van der Waals surface area contributed by atoms with Crippen molar-refractivity contribution in [3.63, 3.8) is 0 Å². The summed E-state index contributed by atoms with van der Waals surface area (Å²) in [4.78, 5) is 0. The van der Waals surface area contributed by atoms with Crippen LogP contribution in [0.25, 0.3) is 0 Å². The summed E-state index contributed by atoms with van der Waals surface area (Å²) in [6.45, 7) is 2.13. The van der Waals surface area contributed by atoms with Crippen molar-refractivity contribution in [2.24, 2.45) is 11.8 Å². The summed E-state index contributed by atoms with van der Waals surface area (Å²) in [5.41, 5.74) is 0. The van der Waals surface area contributed by atoms with Crippen LogP contribution in [0.2, 0.25) is 0 Å². The summed E-state index contributed by atoms with van der Waals surface area (Å²) >= 11 is 0. The van der Waals surface area contributed by atoms with Gasteiger partial charge in [0.25, 0.3) is 5.92 Å². The molecule has 0 amide bonds. The van der Waals surface area contributed by atoms with E-state index in [2.05, 4.69) is 0 Å². The number of hydrogen-bond donors (Lipinski definition) is 1. The lowest BCUT2D eigenvalue weighted by atomic mass is 9.94. The van der Waals surface area contributed by atoms with E-state index in [1.165, 1.54) is 0 Å². The summed E-state index contributed by atoms with van der Waals surface area (Å²) in [6.07, 6.45) is -0.240. The number of ether oxygens (including phenoxy) is 1. The molecule has 0 spiro atoms. The first-order valence-electron chi connectivity index (χ1n) is 4.68. The number of rotatable bonds is 2. The zero-order valence-electron chi connectivity index (χ0n) is 7.54. The van der Waals surface area contributed by atoms with Gasteiger partial charge in [0.15, 0.2) is 0 Å². The largest absolute Gasteiger partial charge is 0.390 e. The van der Waals surface area contributed by atoms with E-state index in [0.29, 0.717) is 13.0 Å². The quantitative estimate of drug-likeness (QED) is 0.717. The Morgan fingerprint density at radius 2 is 2.15 bits per heavy atom. The van der Waals surface area contributed by atoms with Crippen molar-refractivity contribution >= 4 is 0 Å². The fourth-order valence-corrected chi connectivity index (χ4v) is 2.01. The number of alkyl halides is 2. The average Bonchev–Trinajstić information content (AvgIpc) is 2.52. The zero-order valence-corrected chi connectivity index (χ0v) is 7.54. The third kappa shape index (κ3) is 1.70. The molecule has 13 heavy (non-hydrogen) atoms. The fraction of sp³-hybridized carbons (Fsp3) is 1.00. The van der Waals surface area contributed by atoms with Crippen LogP contribution in [0.15, 0.2) is 0 Å². The van der Waals surface area contributed by atoms with Gasteiger partial charge in [0, 0.05) is 18.3 Å². The van der Waals surface area contributed by atoms with Crippen LogP contribution in [0, 0.1) is 11.8 Å². The van der Waals surface area contributed by atoms with E-state index in [0.717, 1.165) is 0 Å². The molecule has 0 bridgehead atoms. The van der Waals surface area contributed by atoms with E-state index in [1.807, 2.05) is 6.92 Å². The van der Waals surface area contributed by atoms with E-state index in [4.69, 9.17) is 4.74 Å². The van der Waals surface area contributed by atoms with E-state index >= 15 is 0 Å². The van der Waals surface area contributed by atoms with E-state index in [-0.39, 0.29) is 18.4 Å². The molecule has 1 heterocycles. The van der Waals surface area contributed by atoms with Crippen LogP contribution in [-0.2, 0) is 4.74 Å². The van der Waals surface area contributed by atoms with E-state index in [1.54, 1.807) is 0 Å². The lowest BCUT2D eigenvalue weighted by Crippen LogP contribution is -2.23. The maximum absolute atomic E-state index is 12.6. The Morgan fingerprint density at radius 1 is 1.54 bits per heavy atom. The highest BCUT2D eigenvalue weighted by Gasteiger charge is 2.58. The Hall–Kier alpha value is -0.220. The molecule has 0 radical (unpaired) electrons. The molecule has 4 heteroatoms. The molecular formula is C9H14F2O2. The highest BCUT2D eigenvalue weighted by Crippen LogP contribution is 2.53. The van der Waals surface area contributed by atoms with Gasteiger partial charge in [-0.1, -0.05) is 0 Å². The van der Waals surface area contributed by atoms with Crippen LogP contribution in [0.4, 0.5) is 8.78 Å². The Balaban J connectivity index is 1.88. The lowest BCUT2D eigenvalue weighted by molar-refractivity contribution is 0.0749. The smallest absolute Gasteiger partial charge is 0.251 e. The second-order valence-corrected chi connectivity index (χ2v) is 4.17. The normalized spacial score (nSPS) is 48.0. The maximum atomic E-state index is 12.6. The average molecular weight is 192 g/mol. The van der Waals surface area contributed by atoms with Gasteiger partial charge in [-0.2, -0.15) is 0 Å². The Bertz CT molecular complexity index is 198. The monoisotopic (exact) mass is 192 g/mol. The third-order valence-corrected chi connectivity index (χ3v) is 3.14. The molecule has 1 aliphatic carbocycles. The van der Waals surface area contributed by atoms with Crippen molar-refractivity contribution in [3.05, 3.63) is 0 Å². The molecule has 2 fully saturated rings. The van der Waals surface area contributed by atoms with Gasteiger partial charge in [0.2, 0.25) is 0 Å². The molecule has 76 valence electrons. The summed E-state index contributed by atoms with van der Waals surface area (Å²) in [5.74, 6) is -3.09. The van der Waals surface area contributed by atoms with Crippen molar-refractivity contribution in [1.29, 1.82) is 0 Å². The molecule has 4 unspecified atom stereocenters. The minimum atomic E-state index is -2.47. The van der Waals surface area contributed by atoms with Gasteiger partial charge in [-0.3, -0.25) is 0 Å². The van der Waals surface area contributed by atoms with Crippen LogP contribution in [0.3, 0.4) is 0 Å². The summed E-state index contributed by atoms with van der Waals surface area (Å²) in [5, 5.41) is 9.44. The first-order chi connectivity index (χ1) is 6.00. The van der Waals surface area contributed by atoms with Crippen molar-refractivity contribution in [1.82, 2.24) is 0 Å². The van der Waals surface area contributed by atoms with Gasteiger partial charge in [-0.05, 0) is 13.3 Å². The number of hydrogen-bond acceptors (Lipinski definition) is 2. The third-order valence-electron chi connectivity index (χ3n) is 3.14. The van der Waals surface area contributed by atoms with Crippen molar-refractivity contribution < 1.29 is 18.6 Å². The van der Waals surface area contributed by atoms with Gasteiger partial charge in [0.1, 0.15) is 0 Å². The highest BCUT2D eigenvalue weighted by atomic mass is 19.3. The molecule has 2 aliphatic rings. The molecule has 1 saturated carbocycles. The molecule has 1 N–H and O–H groups in total. The number of halogens is 2. The molecule has 0 aromatic heterocycles. The molecule has 0 aromatic rings. The second kappa shape index (κ2) is 2.89. The van der Waals surface area contributed by atoms with Crippen LogP contribution >= 0.6 is 0 Å². The first-order valence-corrected chi connectivity index (χ1v) is 4.68. The predicted octanol–water partition coefficient (Wildman–Crippen LogP) is 1.43. The van der Waals surface area contributed by atoms with Crippen LogP contribution in [0.1, 0.15) is 19.8 Å². The van der Waals surface area contributed by atoms with Crippen molar-refractivity contribution in [3.8, 4) is 0 Å². The van der Waals surface area contributed by atoms with Crippen LogP contribution in [0.5, 0.6) is 0 Å². The molecule has 1 saturated heterocycles. The van der Waals surface area contributed by atoms with E-state index < -0.39 is 17.9 Å². The maximum Gasteiger partial charge on any atom is 0.251 e. The van der Waals surface area contributed by atoms with Gasteiger partial charge in [0.05, 0.1) is 18.8 Å². The SMILES string of the molecule is CC1OCC(O)C1CC1CC1(F)F. The second-order valence-electron chi connectivity index (χ2n) is 4.17. The number of aliphatic hydroxyl groups is 1. The fourth-order valence-electron chi connectivity index (χ4n) is 2.01. The predicted molar refractivity (Wildman–Crippen MR) is 42.6 cm³/mol. The van der Waals surface area contributed by atoms with Gasteiger partial charge >= 0.3 is 0 Å². The lowest BCUT2D eigenvalue weighted by Gasteiger charge is -2.16. The molecular weight excluding hydrogens is 178 g/mol. The molecule has 4 atom stereocenters. The minimum Gasteiger partial charge on any atom is -0.390 e. The van der Waals surface area contributed by atoms with Gasteiger partial charge in [-0.15, -0.1) is 0 Å². The van der Waals surface area contributed by atoms with Crippen LogP contribution < -0.4 is 0 Å². The molecule has 2 nitrogen and oxygen atoms in total. The van der Waals surface area contributed by atoms with Gasteiger partial charge in [-0.25, -0.2) is 8.78 Å². The molecule has 2 rings (SSSR count). The van der Waals surface area contributed by atoms with E-state index in [9.17, 15) is 13.9 Å². The standard InChI is InChI=1S/C9H14F2O2/c1-5-7(8(12)4-13-5)2-6-3-9(6,10)11/h5-8,12H,2-4H2,1H3. The Kier molecular flexibility index (Phi) is 2.07. The summed E-state index contributed by atoms with van der Waals surface area (Å²) in [6, 6.07) is 0. The summed E-state index contributed by atoms with van der Waals surface area (Å²) < 4.78 is 30.3. The summed E-state index contributed by atoms with van der Waals surface area (Å²) in [7, 11) is 0. The first kappa shape index (κ1) is 9.34. The van der Waals surface area contributed by atoms with Crippen molar-refractivity contribution in [2.75, 3.05) is 6.61 Å². The zero-order chi connectivity index (χ0) is 9.64.